The minimum atomic E-state index is -1.01. The first-order valence-electron chi connectivity index (χ1n) is 5.48. The molecule has 0 heterocycles. The molecule has 17 heavy (non-hydrogen) atoms. The number of carboxylic acid groups (broad SMARTS) is 1. The average Bonchev–Trinajstić information content (AvgIpc) is 2.29. The molecular weight excluding hydrogens is 220 g/mol. The van der Waals surface area contributed by atoms with Crippen molar-refractivity contribution < 1.29 is 14.6 Å². The normalized spacial score (nSPS) is 10.2. The minimum Gasteiger partial charge on any atom is -0.478 e. The number of benzene rings is 1. The number of nitrogens with two attached hydrogens (primary N) is 1. The van der Waals surface area contributed by atoms with Crippen LogP contribution in [0.2, 0.25) is 0 Å². The van der Waals surface area contributed by atoms with Gasteiger partial charge in [0.25, 0.3) is 0 Å². The molecule has 0 atom stereocenters. The van der Waals surface area contributed by atoms with Gasteiger partial charge in [0, 0.05) is 20.2 Å². The Bertz CT molecular complexity index is 393. The van der Waals surface area contributed by atoms with E-state index in [9.17, 15) is 4.79 Å². The maximum Gasteiger partial charge on any atom is 0.337 e. The van der Waals surface area contributed by atoms with E-state index in [2.05, 4.69) is 0 Å². The molecule has 0 radical (unpaired) electrons. The first-order chi connectivity index (χ1) is 8.07. The number of nitrogen functional groups attached to an aromatic ring is 1. The summed E-state index contributed by atoms with van der Waals surface area (Å²) in [5.74, 6) is -1.01. The molecule has 1 aromatic carbocycles. The van der Waals surface area contributed by atoms with Crippen molar-refractivity contribution in [2.75, 3.05) is 37.4 Å². The van der Waals surface area contributed by atoms with Gasteiger partial charge >= 0.3 is 5.97 Å². The lowest BCUT2D eigenvalue weighted by Crippen LogP contribution is -2.24. The first kappa shape index (κ1) is 13.3. The van der Waals surface area contributed by atoms with Gasteiger partial charge in [-0.3, -0.25) is 0 Å². The lowest BCUT2D eigenvalue weighted by atomic mass is 10.1. The summed E-state index contributed by atoms with van der Waals surface area (Å²) in [5.41, 5.74) is 6.96. The minimum absolute atomic E-state index is 0.130. The largest absolute Gasteiger partial charge is 0.478 e. The molecule has 3 N–H and O–H groups in total. The zero-order chi connectivity index (χ0) is 12.8. The van der Waals surface area contributed by atoms with Crippen LogP contribution in [0.3, 0.4) is 0 Å². The van der Waals surface area contributed by atoms with Gasteiger partial charge < -0.3 is 20.5 Å². The van der Waals surface area contributed by atoms with Crippen molar-refractivity contribution in [1.82, 2.24) is 0 Å². The van der Waals surface area contributed by atoms with Crippen LogP contribution in [-0.2, 0) is 4.74 Å². The molecule has 0 aromatic heterocycles. The van der Waals surface area contributed by atoms with Gasteiger partial charge in [0.2, 0.25) is 0 Å². The number of aromatic carboxylic acids is 1. The topological polar surface area (TPSA) is 75.8 Å². The standard InChI is InChI=1S/C12H18N2O3/c1-3-17-8-7-14(2)10-6-4-5-9(11(10)13)12(15)16/h4-6H,3,7-8,13H2,1-2H3,(H,15,16). The fourth-order valence-corrected chi connectivity index (χ4v) is 1.54. The smallest absolute Gasteiger partial charge is 0.337 e. The van der Waals surface area contributed by atoms with Gasteiger partial charge in [0.1, 0.15) is 0 Å². The van der Waals surface area contributed by atoms with E-state index in [1.807, 2.05) is 18.9 Å². The lowest BCUT2D eigenvalue weighted by molar-refractivity contribution is 0.0698. The van der Waals surface area contributed by atoms with Gasteiger partial charge in [-0.2, -0.15) is 0 Å². The third-order valence-corrected chi connectivity index (χ3v) is 2.50. The van der Waals surface area contributed by atoms with E-state index >= 15 is 0 Å². The lowest BCUT2D eigenvalue weighted by Gasteiger charge is -2.21. The molecule has 0 saturated heterocycles. The van der Waals surface area contributed by atoms with E-state index in [0.29, 0.717) is 31.1 Å². The first-order valence-corrected chi connectivity index (χ1v) is 5.48. The number of ether oxygens (including phenoxy) is 1. The molecule has 0 aliphatic carbocycles. The van der Waals surface area contributed by atoms with Crippen LogP contribution in [-0.4, -0.2) is 37.9 Å². The fraction of sp³-hybridized carbons (Fsp3) is 0.417. The Morgan fingerprint density at radius 2 is 2.24 bits per heavy atom. The number of hydrogen-bond acceptors (Lipinski definition) is 4. The zero-order valence-corrected chi connectivity index (χ0v) is 10.1. The second-order valence-electron chi connectivity index (χ2n) is 3.66. The highest BCUT2D eigenvalue weighted by Gasteiger charge is 2.13. The maximum absolute atomic E-state index is 10.9. The molecule has 5 heteroatoms. The van der Waals surface area contributed by atoms with Gasteiger partial charge in [-0.1, -0.05) is 6.07 Å². The Hall–Kier alpha value is -1.75. The second-order valence-corrected chi connectivity index (χ2v) is 3.66. The molecule has 94 valence electrons. The Balaban J connectivity index is 2.83. The van der Waals surface area contributed by atoms with Crippen LogP contribution < -0.4 is 10.6 Å². The molecule has 0 spiro atoms. The number of anilines is 2. The Morgan fingerprint density at radius 1 is 1.53 bits per heavy atom. The highest BCUT2D eigenvalue weighted by Crippen LogP contribution is 2.25. The molecule has 0 fully saturated rings. The van der Waals surface area contributed by atoms with Crippen molar-refractivity contribution in [2.45, 2.75) is 6.92 Å². The summed E-state index contributed by atoms with van der Waals surface area (Å²) in [7, 11) is 1.86. The van der Waals surface area contributed by atoms with Crippen molar-refractivity contribution in [3.8, 4) is 0 Å². The summed E-state index contributed by atoms with van der Waals surface area (Å²) in [6, 6.07) is 4.98. The van der Waals surface area contributed by atoms with Crippen LogP contribution in [0.5, 0.6) is 0 Å². The third kappa shape index (κ3) is 3.35. The molecule has 0 amide bonds. The second kappa shape index (κ2) is 6.10. The number of carbonyl (C=O) groups is 1. The highest BCUT2D eigenvalue weighted by molar-refractivity contribution is 5.97. The molecule has 0 aliphatic heterocycles. The fourth-order valence-electron chi connectivity index (χ4n) is 1.54. The summed E-state index contributed by atoms with van der Waals surface area (Å²) in [6.07, 6.45) is 0. The summed E-state index contributed by atoms with van der Waals surface area (Å²) in [4.78, 5) is 12.8. The average molecular weight is 238 g/mol. The predicted molar refractivity (Wildman–Crippen MR) is 67.6 cm³/mol. The molecular formula is C12H18N2O3. The third-order valence-electron chi connectivity index (χ3n) is 2.50. The highest BCUT2D eigenvalue weighted by atomic mass is 16.5. The van der Waals surface area contributed by atoms with Crippen molar-refractivity contribution >= 4 is 17.3 Å². The Labute approximate surface area is 101 Å². The number of likely N-dealkylation sites (N-methyl/N-ethyl adjacent to an activating group) is 1. The molecule has 1 rings (SSSR count). The number of rotatable bonds is 6. The molecule has 0 aliphatic rings. The van der Waals surface area contributed by atoms with E-state index in [4.69, 9.17) is 15.6 Å². The zero-order valence-electron chi connectivity index (χ0n) is 10.1. The van der Waals surface area contributed by atoms with Crippen LogP contribution >= 0.6 is 0 Å². The molecule has 1 aromatic rings. The van der Waals surface area contributed by atoms with Gasteiger partial charge in [0.15, 0.2) is 0 Å². The van der Waals surface area contributed by atoms with E-state index in [1.165, 1.54) is 6.07 Å². The van der Waals surface area contributed by atoms with Crippen LogP contribution in [0.4, 0.5) is 11.4 Å². The van der Waals surface area contributed by atoms with Crippen molar-refractivity contribution in [3.63, 3.8) is 0 Å². The molecule has 5 nitrogen and oxygen atoms in total. The van der Waals surface area contributed by atoms with Crippen LogP contribution in [0.25, 0.3) is 0 Å². The van der Waals surface area contributed by atoms with Crippen LogP contribution in [0, 0.1) is 0 Å². The number of carboxylic acids is 1. The van der Waals surface area contributed by atoms with Gasteiger partial charge in [-0.25, -0.2) is 4.79 Å². The van der Waals surface area contributed by atoms with E-state index in [1.54, 1.807) is 12.1 Å². The van der Waals surface area contributed by atoms with E-state index in [0.717, 1.165) is 0 Å². The van der Waals surface area contributed by atoms with Crippen molar-refractivity contribution in [2.24, 2.45) is 0 Å². The predicted octanol–water partition coefficient (Wildman–Crippen LogP) is 1.44. The Morgan fingerprint density at radius 3 is 2.82 bits per heavy atom. The summed E-state index contributed by atoms with van der Waals surface area (Å²) >= 11 is 0. The van der Waals surface area contributed by atoms with Crippen molar-refractivity contribution in [3.05, 3.63) is 23.8 Å². The number of para-hydroxylation sites is 1. The summed E-state index contributed by atoms with van der Waals surface area (Å²) in [5, 5.41) is 8.96. The van der Waals surface area contributed by atoms with Crippen LogP contribution in [0.15, 0.2) is 18.2 Å². The Kier molecular flexibility index (Phi) is 4.78. The SMILES string of the molecule is CCOCCN(C)c1cccc(C(=O)O)c1N. The number of nitrogens with zero attached hydrogens (tertiary/aromatic N) is 1. The van der Waals surface area contributed by atoms with Gasteiger partial charge in [0.05, 0.1) is 23.5 Å². The molecule has 0 saturated carbocycles. The monoisotopic (exact) mass is 238 g/mol. The summed E-state index contributed by atoms with van der Waals surface area (Å²) < 4.78 is 5.24. The molecule has 0 bridgehead atoms. The van der Waals surface area contributed by atoms with Crippen LogP contribution in [0.1, 0.15) is 17.3 Å². The molecule has 0 unspecified atom stereocenters. The quantitative estimate of drug-likeness (QED) is 0.579. The van der Waals surface area contributed by atoms with E-state index in [-0.39, 0.29) is 5.56 Å². The summed E-state index contributed by atoms with van der Waals surface area (Å²) in [6.45, 7) is 3.85. The van der Waals surface area contributed by atoms with E-state index < -0.39 is 5.97 Å². The van der Waals surface area contributed by atoms with Crippen molar-refractivity contribution in [1.29, 1.82) is 0 Å². The number of hydrogen-bond donors (Lipinski definition) is 2. The van der Waals surface area contributed by atoms with Gasteiger partial charge in [-0.15, -0.1) is 0 Å². The maximum atomic E-state index is 10.9. The van der Waals surface area contributed by atoms with Gasteiger partial charge in [-0.05, 0) is 19.1 Å².